The number of thiophene rings is 1. The van der Waals surface area contributed by atoms with Gasteiger partial charge < -0.3 is 5.73 Å². The van der Waals surface area contributed by atoms with E-state index >= 15 is 0 Å². The Morgan fingerprint density at radius 3 is 2.92 bits per heavy atom. The van der Waals surface area contributed by atoms with Crippen LogP contribution in [0.2, 0.25) is 0 Å². The van der Waals surface area contributed by atoms with Crippen molar-refractivity contribution in [3.8, 4) is 11.3 Å². The minimum atomic E-state index is 0.719. The molecule has 2 aromatic heterocycles. The van der Waals surface area contributed by atoms with Crippen LogP contribution in [-0.2, 0) is 0 Å². The SMILES string of the molecule is Nc1cc(-c2ccsc2)ncc1Br. The van der Waals surface area contributed by atoms with Crippen molar-refractivity contribution in [3.05, 3.63) is 33.6 Å². The highest BCUT2D eigenvalue weighted by Gasteiger charge is 2.01. The molecule has 0 unspecified atom stereocenters. The Bertz CT molecular complexity index is 412. The Hall–Kier alpha value is -0.870. The smallest absolute Gasteiger partial charge is 0.0731 e. The number of nitrogens with two attached hydrogens (primary N) is 1. The fraction of sp³-hybridized carbons (Fsp3) is 0. The number of anilines is 1. The molecule has 0 aliphatic carbocycles. The van der Waals surface area contributed by atoms with Crippen LogP contribution in [-0.4, -0.2) is 4.98 Å². The number of hydrogen-bond donors (Lipinski definition) is 1. The molecular weight excluding hydrogens is 248 g/mol. The fourth-order valence-corrected chi connectivity index (χ4v) is 1.89. The van der Waals surface area contributed by atoms with E-state index < -0.39 is 0 Å². The average Bonchev–Trinajstić information content (AvgIpc) is 2.62. The van der Waals surface area contributed by atoms with E-state index in [9.17, 15) is 0 Å². The van der Waals surface area contributed by atoms with Gasteiger partial charge in [-0.15, -0.1) is 0 Å². The van der Waals surface area contributed by atoms with Crippen LogP contribution in [0.15, 0.2) is 33.6 Å². The number of rotatable bonds is 1. The summed E-state index contributed by atoms with van der Waals surface area (Å²) in [6.07, 6.45) is 1.72. The van der Waals surface area contributed by atoms with Gasteiger partial charge in [0.05, 0.1) is 10.2 Å². The highest BCUT2D eigenvalue weighted by atomic mass is 79.9. The van der Waals surface area contributed by atoms with Crippen LogP contribution in [0.1, 0.15) is 0 Å². The van der Waals surface area contributed by atoms with Gasteiger partial charge in [0.25, 0.3) is 0 Å². The Labute approximate surface area is 88.6 Å². The number of nitrogen functional groups attached to an aromatic ring is 1. The van der Waals surface area contributed by atoms with Gasteiger partial charge in [-0.25, -0.2) is 0 Å². The Morgan fingerprint density at radius 2 is 2.31 bits per heavy atom. The minimum absolute atomic E-state index is 0.719. The van der Waals surface area contributed by atoms with Crippen LogP contribution in [0.25, 0.3) is 11.3 Å². The molecule has 0 amide bonds. The molecule has 66 valence electrons. The predicted octanol–water partition coefficient (Wildman–Crippen LogP) is 3.15. The fourth-order valence-electron chi connectivity index (χ4n) is 1.02. The summed E-state index contributed by atoms with van der Waals surface area (Å²) >= 11 is 4.96. The van der Waals surface area contributed by atoms with Crippen molar-refractivity contribution in [1.82, 2.24) is 4.98 Å². The second-order valence-electron chi connectivity index (χ2n) is 2.60. The molecule has 0 saturated heterocycles. The summed E-state index contributed by atoms with van der Waals surface area (Å²) in [5.74, 6) is 0. The second kappa shape index (κ2) is 3.47. The highest BCUT2D eigenvalue weighted by molar-refractivity contribution is 9.10. The van der Waals surface area contributed by atoms with Gasteiger partial charge in [0, 0.05) is 22.8 Å². The quantitative estimate of drug-likeness (QED) is 0.850. The van der Waals surface area contributed by atoms with E-state index in [4.69, 9.17) is 5.73 Å². The third-order valence-corrected chi connectivity index (χ3v) is 3.05. The summed E-state index contributed by atoms with van der Waals surface area (Å²) in [5.41, 5.74) is 8.50. The summed E-state index contributed by atoms with van der Waals surface area (Å²) in [6.45, 7) is 0. The molecule has 0 aliphatic rings. The van der Waals surface area contributed by atoms with Crippen molar-refractivity contribution >= 4 is 33.0 Å². The second-order valence-corrected chi connectivity index (χ2v) is 4.24. The third-order valence-electron chi connectivity index (χ3n) is 1.70. The maximum absolute atomic E-state index is 5.74. The first kappa shape index (κ1) is 8.72. The molecule has 0 atom stereocenters. The molecular formula is C9H7BrN2S. The summed E-state index contributed by atoms with van der Waals surface area (Å²) in [4.78, 5) is 4.26. The van der Waals surface area contributed by atoms with Gasteiger partial charge in [-0.2, -0.15) is 11.3 Å². The topological polar surface area (TPSA) is 38.9 Å². The number of nitrogens with zero attached hydrogens (tertiary/aromatic N) is 1. The predicted molar refractivity (Wildman–Crippen MR) is 59.7 cm³/mol. The summed E-state index contributed by atoms with van der Waals surface area (Å²) in [7, 11) is 0. The van der Waals surface area contributed by atoms with E-state index in [1.165, 1.54) is 0 Å². The summed E-state index contributed by atoms with van der Waals surface area (Å²) in [5, 5.41) is 4.07. The zero-order valence-corrected chi connectivity index (χ0v) is 9.10. The molecule has 2 rings (SSSR count). The monoisotopic (exact) mass is 254 g/mol. The Balaban J connectivity index is 2.49. The first-order chi connectivity index (χ1) is 6.27. The minimum Gasteiger partial charge on any atom is -0.398 e. The van der Waals surface area contributed by atoms with Crippen LogP contribution >= 0.6 is 27.3 Å². The van der Waals surface area contributed by atoms with Crippen molar-refractivity contribution in [1.29, 1.82) is 0 Å². The van der Waals surface area contributed by atoms with Gasteiger partial charge in [0.15, 0.2) is 0 Å². The lowest BCUT2D eigenvalue weighted by Crippen LogP contribution is -1.89. The number of aromatic nitrogens is 1. The molecule has 2 N–H and O–H groups in total. The standard InChI is InChI=1S/C9H7BrN2S/c10-7-4-12-9(3-8(7)11)6-1-2-13-5-6/h1-5H,(H2,11,12). The van der Waals surface area contributed by atoms with E-state index in [0.29, 0.717) is 0 Å². The Kier molecular flexibility index (Phi) is 2.33. The zero-order chi connectivity index (χ0) is 9.26. The average molecular weight is 255 g/mol. The summed E-state index contributed by atoms with van der Waals surface area (Å²) in [6, 6.07) is 3.90. The molecule has 2 heterocycles. The van der Waals surface area contributed by atoms with Crippen LogP contribution in [0.3, 0.4) is 0 Å². The van der Waals surface area contributed by atoms with E-state index in [1.807, 2.05) is 17.5 Å². The third kappa shape index (κ3) is 1.73. The van der Waals surface area contributed by atoms with Crippen molar-refractivity contribution in [2.75, 3.05) is 5.73 Å². The number of halogens is 1. The molecule has 2 nitrogen and oxygen atoms in total. The van der Waals surface area contributed by atoms with E-state index in [2.05, 4.69) is 26.3 Å². The molecule has 4 heteroatoms. The van der Waals surface area contributed by atoms with Gasteiger partial charge in [-0.1, -0.05) is 0 Å². The van der Waals surface area contributed by atoms with Gasteiger partial charge in [-0.3, -0.25) is 4.98 Å². The van der Waals surface area contributed by atoms with Crippen LogP contribution in [0.4, 0.5) is 5.69 Å². The maximum atomic E-state index is 5.74. The van der Waals surface area contributed by atoms with Crippen molar-refractivity contribution in [3.63, 3.8) is 0 Å². The lowest BCUT2D eigenvalue weighted by Gasteiger charge is -2.00. The molecule has 13 heavy (non-hydrogen) atoms. The van der Waals surface area contributed by atoms with Crippen LogP contribution in [0.5, 0.6) is 0 Å². The van der Waals surface area contributed by atoms with Gasteiger partial charge in [0.1, 0.15) is 0 Å². The normalized spacial score (nSPS) is 10.2. The van der Waals surface area contributed by atoms with E-state index in [0.717, 1.165) is 21.4 Å². The van der Waals surface area contributed by atoms with Crippen molar-refractivity contribution in [2.24, 2.45) is 0 Å². The lowest BCUT2D eigenvalue weighted by molar-refractivity contribution is 1.32. The highest BCUT2D eigenvalue weighted by Crippen LogP contribution is 2.25. The van der Waals surface area contributed by atoms with Crippen LogP contribution < -0.4 is 5.73 Å². The van der Waals surface area contributed by atoms with Gasteiger partial charge in [0.2, 0.25) is 0 Å². The lowest BCUT2D eigenvalue weighted by atomic mass is 10.2. The summed E-state index contributed by atoms with van der Waals surface area (Å²) < 4.78 is 0.839. The molecule has 0 aliphatic heterocycles. The molecule has 0 fully saturated rings. The molecule has 0 bridgehead atoms. The molecule has 0 saturated carbocycles. The van der Waals surface area contributed by atoms with E-state index in [1.54, 1.807) is 17.5 Å². The first-order valence-corrected chi connectivity index (χ1v) is 5.44. The molecule has 0 spiro atoms. The molecule has 0 aromatic carbocycles. The Morgan fingerprint density at radius 1 is 1.46 bits per heavy atom. The zero-order valence-electron chi connectivity index (χ0n) is 6.70. The largest absolute Gasteiger partial charge is 0.398 e. The van der Waals surface area contributed by atoms with Crippen molar-refractivity contribution < 1.29 is 0 Å². The first-order valence-electron chi connectivity index (χ1n) is 3.71. The van der Waals surface area contributed by atoms with Crippen molar-refractivity contribution in [2.45, 2.75) is 0 Å². The number of pyridine rings is 1. The molecule has 0 radical (unpaired) electrons. The van der Waals surface area contributed by atoms with Gasteiger partial charge in [-0.05, 0) is 33.4 Å². The van der Waals surface area contributed by atoms with Crippen LogP contribution in [0, 0.1) is 0 Å². The molecule has 2 aromatic rings. The number of hydrogen-bond acceptors (Lipinski definition) is 3. The maximum Gasteiger partial charge on any atom is 0.0731 e. The van der Waals surface area contributed by atoms with Gasteiger partial charge >= 0.3 is 0 Å². The van der Waals surface area contributed by atoms with E-state index in [-0.39, 0.29) is 0 Å².